The summed E-state index contributed by atoms with van der Waals surface area (Å²) in [5, 5.41) is 0.791. The predicted molar refractivity (Wildman–Crippen MR) is 85.9 cm³/mol. The van der Waals surface area contributed by atoms with E-state index in [1.165, 1.54) is 0 Å². The van der Waals surface area contributed by atoms with Gasteiger partial charge < -0.3 is 16.1 Å². The molecule has 6 heteroatoms. The summed E-state index contributed by atoms with van der Waals surface area (Å²) in [5.74, 6) is 0. The van der Waals surface area contributed by atoms with Crippen LogP contribution in [0.15, 0.2) is 18.2 Å². The van der Waals surface area contributed by atoms with Crippen LogP contribution in [0, 0.1) is 0 Å². The molecule has 0 amide bonds. The SMILES string of the molecule is CN(C)c1ccc(CC(C)(C)N)c(Cl)c1.Cl.Cl.O. The summed E-state index contributed by atoms with van der Waals surface area (Å²) in [6.07, 6.45) is 0.791. The van der Waals surface area contributed by atoms with Crippen molar-refractivity contribution in [1.29, 1.82) is 0 Å². The molecule has 0 aliphatic rings. The molecule has 4 N–H and O–H groups in total. The van der Waals surface area contributed by atoms with Crippen LogP contribution < -0.4 is 10.6 Å². The van der Waals surface area contributed by atoms with Crippen LogP contribution in [0.3, 0.4) is 0 Å². The third-order valence-corrected chi connectivity index (χ3v) is 2.55. The first-order valence-electron chi connectivity index (χ1n) is 5.04. The molecule has 0 fully saturated rings. The van der Waals surface area contributed by atoms with E-state index in [-0.39, 0.29) is 35.8 Å². The summed E-state index contributed by atoms with van der Waals surface area (Å²) in [7, 11) is 4.00. The van der Waals surface area contributed by atoms with Crippen molar-refractivity contribution in [1.82, 2.24) is 0 Å². The molecule has 0 aromatic heterocycles. The van der Waals surface area contributed by atoms with Gasteiger partial charge in [-0.2, -0.15) is 0 Å². The van der Waals surface area contributed by atoms with Crippen LogP contribution in [0.5, 0.6) is 0 Å². The zero-order valence-corrected chi connectivity index (χ0v) is 13.5. The first-order valence-corrected chi connectivity index (χ1v) is 5.42. The second-order valence-electron chi connectivity index (χ2n) is 4.84. The molecule has 0 atom stereocenters. The van der Waals surface area contributed by atoms with Crippen LogP contribution in [0.1, 0.15) is 19.4 Å². The lowest BCUT2D eigenvalue weighted by atomic mass is 9.96. The van der Waals surface area contributed by atoms with Crippen molar-refractivity contribution >= 4 is 42.1 Å². The minimum atomic E-state index is -0.219. The van der Waals surface area contributed by atoms with E-state index in [4.69, 9.17) is 17.3 Å². The fourth-order valence-electron chi connectivity index (χ4n) is 1.45. The van der Waals surface area contributed by atoms with E-state index in [0.717, 1.165) is 22.7 Å². The molecular weight excluding hydrogens is 295 g/mol. The molecule has 0 saturated carbocycles. The molecule has 0 heterocycles. The van der Waals surface area contributed by atoms with E-state index < -0.39 is 0 Å². The van der Waals surface area contributed by atoms with Gasteiger partial charge in [0, 0.05) is 30.3 Å². The summed E-state index contributed by atoms with van der Waals surface area (Å²) in [6, 6.07) is 6.09. The highest BCUT2D eigenvalue weighted by molar-refractivity contribution is 6.31. The molecular formula is C12H23Cl3N2O. The Morgan fingerprint density at radius 1 is 1.22 bits per heavy atom. The first-order chi connectivity index (χ1) is 6.79. The third-order valence-electron chi connectivity index (χ3n) is 2.20. The van der Waals surface area contributed by atoms with Crippen molar-refractivity contribution in [2.45, 2.75) is 25.8 Å². The van der Waals surface area contributed by atoms with Crippen molar-refractivity contribution in [2.75, 3.05) is 19.0 Å². The maximum absolute atomic E-state index is 6.20. The highest BCUT2D eigenvalue weighted by atomic mass is 35.5. The number of hydrogen-bond donors (Lipinski definition) is 1. The fraction of sp³-hybridized carbons (Fsp3) is 0.500. The van der Waals surface area contributed by atoms with Crippen molar-refractivity contribution < 1.29 is 5.48 Å². The van der Waals surface area contributed by atoms with Crippen LogP contribution in [0.25, 0.3) is 0 Å². The average molecular weight is 318 g/mol. The van der Waals surface area contributed by atoms with E-state index in [9.17, 15) is 0 Å². The Morgan fingerprint density at radius 2 is 1.72 bits per heavy atom. The molecule has 0 bridgehead atoms. The van der Waals surface area contributed by atoms with Crippen molar-refractivity contribution in [3.8, 4) is 0 Å². The number of rotatable bonds is 3. The van der Waals surface area contributed by atoms with Crippen LogP contribution in [0.4, 0.5) is 5.69 Å². The van der Waals surface area contributed by atoms with Gasteiger partial charge in [0.2, 0.25) is 0 Å². The van der Waals surface area contributed by atoms with Crippen LogP contribution in [-0.4, -0.2) is 25.1 Å². The summed E-state index contributed by atoms with van der Waals surface area (Å²) < 4.78 is 0. The lowest BCUT2D eigenvalue weighted by molar-refractivity contribution is 0.517. The molecule has 1 aromatic rings. The first kappa shape index (κ1) is 22.9. The fourth-order valence-corrected chi connectivity index (χ4v) is 1.69. The monoisotopic (exact) mass is 316 g/mol. The lowest BCUT2D eigenvalue weighted by Gasteiger charge is -2.20. The van der Waals surface area contributed by atoms with Gasteiger partial charge in [-0.25, -0.2) is 0 Å². The number of benzene rings is 1. The molecule has 3 nitrogen and oxygen atoms in total. The van der Waals surface area contributed by atoms with Crippen molar-refractivity contribution in [3.05, 3.63) is 28.8 Å². The molecule has 0 unspecified atom stereocenters. The maximum atomic E-state index is 6.20. The minimum absolute atomic E-state index is 0. The van der Waals surface area contributed by atoms with Crippen LogP contribution in [0.2, 0.25) is 5.02 Å². The zero-order valence-electron chi connectivity index (χ0n) is 11.2. The van der Waals surface area contributed by atoms with Gasteiger partial charge in [0.1, 0.15) is 0 Å². The maximum Gasteiger partial charge on any atom is 0.0459 e. The van der Waals surface area contributed by atoms with Crippen molar-refractivity contribution in [3.63, 3.8) is 0 Å². The second kappa shape index (κ2) is 8.83. The van der Waals surface area contributed by atoms with Gasteiger partial charge in [-0.1, -0.05) is 17.7 Å². The topological polar surface area (TPSA) is 60.8 Å². The molecule has 0 saturated heterocycles. The molecule has 18 heavy (non-hydrogen) atoms. The summed E-state index contributed by atoms with van der Waals surface area (Å²) in [5.41, 5.74) is 7.96. The number of nitrogens with two attached hydrogens (primary N) is 1. The molecule has 1 aromatic carbocycles. The Morgan fingerprint density at radius 3 is 2.06 bits per heavy atom. The van der Waals surface area contributed by atoms with Gasteiger partial charge in [-0.05, 0) is 38.0 Å². The summed E-state index contributed by atoms with van der Waals surface area (Å²) >= 11 is 6.20. The molecule has 0 aliphatic heterocycles. The Labute approximate surface area is 127 Å². The summed E-state index contributed by atoms with van der Waals surface area (Å²) in [4.78, 5) is 2.03. The molecule has 1 rings (SSSR count). The van der Waals surface area contributed by atoms with Gasteiger partial charge >= 0.3 is 0 Å². The Kier molecular flexibility index (Phi) is 11.3. The standard InChI is InChI=1S/C12H19ClN2.2ClH.H2O/c1-12(2,14)8-9-5-6-10(15(3)4)7-11(9)13;;;/h5-7H,8,14H2,1-4H3;2*1H;1H2. The minimum Gasteiger partial charge on any atom is -0.412 e. The molecule has 0 aliphatic carbocycles. The van der Waals surface area contributed by atoms with E-state index >= 15 is 0 Å². The number of halogens is 3. The average Bonchev–Trinajstić information content (AvgIpc) is 2.05. The van der Waals surface area contributed by atoms with Gasteiger partial charge in [0.05, 0.1) is 0 Å². The van der Waals surface area contributed by atoms with E-state index in [1.807, 2.05) is 45.0 Å². The van der Waals surface area contributed by atoms with E-state index in [2.05, 4.69) is 6.07 Å². The van der Waals surface area contributed by atoms with E-state index in [0.29, 0.717) is 0 Å². The zero-order chi connectivity index (χ0) is 11.6. The quantitative estimate of drug-likeness (QED) is 0.931. The second-order valence-corrected chi connectivity index (χ2v) is 5.24. The van der Waals surface area contributed by atoms with Crippen molar-refractivity contribution in [2.24, 2.45) is 5.73 Å². The van der Waals surface area contributed by atoms with Crippen LogP contribution >= 0.6 is 36.4 Å². The van der Waals surface area contributed by atoms with Gasteiger partial charge in [-0.3, -0.25) is 0 Å². The molecule has 108 valence electrons. The van der Waals surface area contributed by atoms with Gasteiger partial charge in [-0.15, -0.1) is 24.8 Å². The Bertz CT molecular complexity index is 352. The summed E-state index contributed by atoms with van der Waals surface area (Å²) in [6.45, 7) is 4.01. The molecule has 0 spiro atoms. The van der Waals surface area contributed by atoms with Gasteiger partial charge in [0.15, 0.2) is 0 Å². The highest BCUT2D eigenvalue weighted by Gasteiger charge is 2.14. The number of hydrogen-bond acceptors (Lipinski definition) is 2. The van der Waals surface area contributed by atoms with Gasteiger partial charge in [0.25, 0.3) is 0 Å². The third kappa shape index (κ3) is 7.29. The number of nitrogens with zero attached hydrogens (tertiary/aromatic N) is 1. The highest BCUT2D eigenvalue weighted by Crippen LogP contribution is 2.25. The molecule has 0 radical (unpaired) electrons. The lowest BCUT2D eigenvalue weighted by Crippen LogP contribution is -2.34. The smallest absolute Gasteiger partial charge is 0.0459 e. The normalized spacial score (nSPS) is 9.67. The Hall–Kier alpha value is -0.190. The number of anilines is 1. The Balaban J connectivity index is -0.000000750. The van der Waals surface area contributed by atoms with E-state index in [1.54, 1.807) is 0 Å². The van der Waals surface area contributed by atoms with Crippen LogP contribution in [-0.2, 0) is 6.42 Å². The largest absolute Gasteiger partial charge is 0.412 e. The predicted octanol–water partition coefficient (Wildman–Crippen LogP) is 2.70.